The Labute approximate surface area is 171 Å². The van der Waals surface area contributed by atoms with E-state index in [1.54, 1.807) is 42.5 Å². The molecule has 1 fully saturated rings. The molecule has 2 amide bonds. The Kier molecular flexibility index (Phi) is 6.33. The Hall–Kier alpha value is -3.13. The number of imide groups is 1. The summed E-state index contributed by atoms with van der Waals surface area (Å²) in [5.41, 5.74) is 0.953. The van der Waals surface area contributed by atoms with Crippen LogP contribution in [-0.4, -0.2) is 35.2 Å². The van der Waals surface area contributed by atoms with E-state index < -0.39 is 23.2 Å². The highest BCUT2D eigenvalue weighted by molar-refractivity contribution is 8.18. The summed E-state index contributed by atoms with van der Waals surface area (Å²) in [7, 11) is 1.19. The van der Waals surface area contributed by atoms with E-state index in [0.29, 0.717) is 16.9 Å². The number of thioether (sulfide) groups is 1. The van der Waals surface area contributed by atoms with E-state index in [-0.39, 0.29) is 17.3 Å². The van der Waals surface area contributed by atoms with Crippen molar-refractivity contribution in [2.24, 2.45) is 0 Å². The topological polar surface area (TPSA) is 72.9 Å². The van der Waals surface area contributed by atoms with Crippen LogP contribution in [0.5, 0.6) is 5.75 Å². The maximum atomic E-state index is 13.8. The minimum absolute atomic E-state index is 0.0123. The fraction of sp³-hybridized carbons (Fsp3) is 0.190. The van der Waals surface area contributed by atoms with E-state index in [1.165, 1.54) is 26.2 Å². The second kappa shape index (κ2) is 8.91. The van der Waals surface area contributed by atoms with Crippen molar-refractivity contribution in [2.45, 2.75) is 19.6 Å². The number of hydrogen-bond acceptors (Lipinski definition) is 6. The Morgan fingerprint density at radius 2 is 1.86 bits per heavy atom. The zero-order valence-electron chi connectivity index (χ0n) is 15.8. The molecule has 0 aliphatic carbocycles. The number of nitrogens with zero attached hydrogens (tertiary/aromatic N) is 1. The molecule has 0 aromatic heterocycles. The number of hydrogen-bond donors (Lipinski definition) is 0. The van der Waals surface area contributed by atoms with Crippen LogP contribution in [-0.2, 0) is 20.9 Å². The number of para-hydroxylation sites is 1. The van der Waals surface area contributed by atoms with Crippen molar-refractivity contribution in [3.8, 4) is 5.75 Å². The van der Waals surface area contributed by atoms with Crippen molar-refractivity contribution in [1.29, 1.82) is 0 Å². The van der Waals surface area contributed by atoms with Crippen LogP contribution >= 0.6 is 11.8 Å². The zero-order chi connectivity index (χ0) is 21.0. The third-order valence-electron chi connectivity index (χ3n) is 4.30. The fourth-order valence-electron chi connectivity index (χ4n) is 2.73. The average molecular weight is 415 g/mol. The van der Waals surface area contributed by atoms with Gasteiger partial charge < -0.3 is 9.47 Å². The summed E-state index contributed by atoms with van der Waals surface area (Å²) in [5, 5.41) is -0.552. The second-order valence-electron chi connectivity index (χ2n) is 6.17. The van der Waals surface area contributed by atoms with Gasteiger partial charge in [0.15, 0.2) is 0 Å². The summed E-state index contributed by atoms with van der Waals surface area (Å²) in [5.74, 6) is -1.20. The molecule has 2 aromatic carbocycles. The Morgan fingerprint density at radius 1 is 1.17 bits per heavy atom. The van der Waals surface area contributed by atoms with Gasteiger partial charge in [0, 0.05) is 11.1 Å². The van der Waals surface area contributed by atoms with Crippen LogP contribution in [0.3, 0.4) is 0 Å². The molecule has 8 heteroatoms. The SMILES string of the molecule is COC(=O)[C@H](C)N1C(=O)S/C(=C\c2ccccc2OCc2ccccc2F)C1=O. The summed E-state index contributed by atoms with van der Waals surface area (Å²) in [6.45, 7) is 1.44. The van der Waals surface area contributed by atoms with E-state index in [1.807, 2.05) is 0 Å². The maximum Gasteiger partial charge on any atom is 0.328 e. The van der Waals surface area contributed by atoms with Crippen LogP contribution in [0.4, 0.5) is 9.18 Å². The summed E-state index contributed by atoms with van der Waals surface area (Å²) in [4.78, 5) is 37.6. The molecule has 1 atom stereocenters. The van der Waals surface area contributed by atoms with Crippen LogP contribution < -0.4 is 4.74 Å². The normalized spacial score (nSPS) is 16.2. The third-order valence-corrected chi connectivity index (χ3v) is 5.18. The lowest BCUT2D eigenvalue weighted by Crippen LogP contribution is -2.42. The van der Waals surface area contributed by atoms with Crippen molar-refractivity contribution < 1.29 is 28.2 Å². The molecule has 6 nitrogen and oxygen atoms in total. The van der Waals surface area contributed by atoms with E-state index >= 15 is 0 Å². The zero-order valence-corrected chi connectivity index (χ0v) is 16.6. The van der Waals surface area contributed by atoms with Crippen LogP contribution in [0.1, 0.15) is 18.1 Å². The number of carbonyl (C=O) groups excluding carboxylic acids is 3. The van der Waals surface area contributed by atoms with Gasteiger partial charge in [-0.05, 0) is 36.9 Å². The van der Waals surface area contributed by atoms with Crippen LogP contribution in [0.25, 0.3) is 6.08 Å². The van der Waals surface area contributed by atoms with Crippen molar-refractivity contribution >= 4 is 35.0 Å². The molecule has 1 aliphatic heterocycles. The number of halogens is 1. The first-order valence-corrected chi connectivity index (χ1v) is 9.54. The van der Waals surface area contributed by atoms with Gasteiger partial charge in [0.1, 0.15) is 24.2 Å². The average Bonchev–Trinajstić information content (AvgIpc) is 3.00. The van der Waals surface area contributed by atoms with E-state index in [0.717, 1.165) is 16.7 Å². The van der Waals surface area contributed by atoms with Crippen LogP contribution in [0, 0.1) is 5.82 Å². The number of benzene rings is 2. The second-order valence-corrected chi connectivity index (χ2v) is 7.16. The minimum atomic E-state index is -1.02. The smallest absolute Gasteiger partial charge is 0.328 e. The standard InChI is InChI=1S/C21H18FNO5S/c1-13(20(25)27-2)23-19(24)18(29-21(23)26)11-14-7-4-6-10-17(14)28-12-15-8-3-5-9-16(15)22/h3-11,13H,12H2,1-2H3/b18-11-/t13-/m0/s1. The van der Waals surface area contributed by atoms with Gasteiger partial charge in [-0.3, -0.25) is 14.5 Å². The van der Waals surface area contributed by atoms with E-state index in [2.05, 4.69) is 4.74 Å². The summed E-state index contributed by atoms with van der Waals surface area (Å²) in [6, 6.07) is 12.2. The lowest BCUT2D eigenvalue weighted by Gasteiger charge is -2.18. The molecule has 2 aromatic rings. The number of ether oxygens (including phenoxy) is 2. The van der Waals surface area contributed by atoms with Gasteiger partial charge in [0.25, 0.3) is 11.1 Å². The number of amides is 2. The van der Waals surface area contributed by atoms with Crippen molar-refractivity contribution in [1.82, 2.24) is 4.90 Å². The minimum Gasteiger partial charge on any atom is -0.488 e. The quantitative estimate of drug-likeness (QED) is 0.525. The lowest BCUT2D eigenvalue weighted by molar-refractivity contribution is -0.148. The molecular formula is C21H18FNO5S. The first-order chi connectivity index (χ1) is 13.9. The van der Waals surface area contributed by atoms with Gasteiger partial charge in [-0.15, -0.1) is 0 Å². The van der Waals surface area contributed by atoms with Gasteiger partial charge in [-0.2, -0.15) is 0 Å². The molecule has 1 heterocycles. The highest BCUT2D eigenvalue weighted by Gasteiger charge is 2.41. The Balaban J connectivity index is 1.82. The van der Waals surface area contributed by atoms with Gasteiger partial charge >= 0.3 is 5.97 Å². The number of rotatable bonds is 6. The van der Waals surface area contributed by atoms with Crippen LogP contribution in [0.15, 0.2) is 53.4 Å². The first kappa shape index (κ1) is 20.6. The number of carbonyl (C=O) groups is 3. The molecule has 3 rings (SSSR count). The highest BCUT2D eigenvalue weighted by Crippen LogP contribution is 2.35. The van der Waals surface area contributed by atoms with Crippen LogP contribution in [0.2, 0.25) is 0 Å². The summed E-state index contributed by atoms with van der Waals surface area (Å²) < 4.78 is 24.1. The van der Waals surface area contributed by atoms with E-state index in [9.17, 15) is 18.8 Å². The molecule has 29 heavy (non-hydrogen) atoms. The van der Waals surface area contributed by atoms with Gasteiger partial charge in [-0.25, -0.2) is 9.18 Å². The van der Waals surface area contributed by atoms with Crippen molar-refractivity contribution in [2.75, 3.05) is 7.11 Å². The first-order valence-electron chi connectivity index (χ1n) is 8.72. The molecule has 0 saturated carbocycles. The third kappa shape index (κ3) is 4.48. The molecule has 0 radical (unpaired) electrons. The maximum absolute atomic E-state index is 13.8. The van der Waals surface area contributed by atoms with Gasteiger partial charge in [0.05, 0.1) is 12.0 Å². The molecule has 0 spiro atoms. The largest absolute Gasteiger partial charge is 0.488 e. The highest BCUT2D eigenvalue weighted by atomic mass is 32.2. The molecule has 150 valence electrons. The Bertz CT molecular complexity index is 991. The molecular weight excluding hydrogens is 397 g/mol. The van der Waals surface area contributed by atoms with Crippen molar-refractivity contribution in [3.63, 3.8) is 0 Å². The molecule has 1 aliphatic rings. The lowest BCUT2D eigenvalue weighted by atomic mass is 10.1. The summed E-state index contributed by atoms with van der Waals surface area (Å²) in [6.07, 6.45) is 1.52. The number of esters is 1. The molecule has 0 unspecified atom stereocenters. The summed E-state index contributed by atoms with van der Waals surface area (Å²) >= 11 is 0.734. The Morgan fingerprint density at radius 3 is 2.59 bits per heavy atom. The van der Waals surface area contributed by atoms with E-state index in [4.69, 9.17) is 4.74 Å². The predicted molar refractivity (Wildman–Crippen MR) is 106 cm³/mol. The molecule has 1 saturated heterocycles. The monoisotopic (exact) mass is 415 g/mol. The predicted octanol–water partition coefficient (Wildman–Crippen LogP) is 4.00. The number of methoxy groups -OCH3 is 1. The van der Waals surface area contributed by atoms with Gasteiger partial charge in [-0.1, -0.05) is 36.4 Å². The van der Waals surface area contributed by atoms with Crippen molar-refractivity contribution in [3.05, 3.63) is 70.4 Å². The van der Waals surface area contributed by atoms with Gasteiger partial charge in [0.2, 0.25) is 0 Å². The molecule has 0 bridgehead atoms. The molecule has 0 N–H and O–H groups in total. The fourth-order valence-corrected chi connectivity index (χ4v) is 3.63.